The Morgan fingerprint density at radius 3 is 2.90 bits per heavy atom. The van der Waals surface area contributed by atoms with E-state index in [1.165, 1.54) is 11.3 Å². The summed E-state index contributed by atoms with van der Waals surface area (Å²) in [4.78, 5) is 0. The Hall–Kier alpha value is 0.440. The van der Waals surface area contributed by atoms with Gasteiger partial charge in [-0.25, -0.2) is 0 Å². The van der Waals surface area contributed by atoms with E-state index < -0.39 is 0 Å². The largest absolute Gasteiger partial charge is 0.374 e. The zero-order valence-electron chi connectivity index (χ0n) is 5.08. The molecule has 2 N–H and O–H groups in total. The van der Waals surface area contributed by atoms with Gasteiger partial charge in [-0.15, -0.1) is 22.0 Å². The van der Waals surface area contributed by atoms with Crippen molar-refractivity contribution in [3.05, 3.63) is 5.01 Å². The van der Waals surface area contributed by atoms with Crippen LogP contribution in [0.15, 0.2) is 0 Å². The summed E-state index contributed by atoms with van der Waals surface area (Å²) in [7, 11) is 0. The van der Waals surface area contributed by atoms with E-state index in [2.05, 4.69) is 32.8 Å². The van der Waals surface area contributed by atoms with Crippen LogP contribution >= 0.6 is 45.7 Å². The van der Waals surface area contributed by atoms with Crippen molar-refractivity contribution in [1.29, 1.82) is 0 Å². The Morgan fingerprint density at radius 2 is 2.40 bits per heavy atom. The minimum absolute atomic E-state index is 0.559. The molecule has 1 heterocycles. The summed E-state index contributed by atoms with van der Waals surface area (Å²) in [6.07, 6.45) is 0. The number of aromatic nitrogens is 2. The number of halogens is 1. The number of anilines is 1. The third kappa shape index (κ3) is 2.59. The lowest BCUT2D eigenvalue weighted by atomic mass is 10.9. The second-order valence-electron chi connectivity index (χ2n) is 1.49. The average Bonchev–Trinajstić information content (AvgIpc) is 2.31. The fraction of sp³-hybridized carbons (Fsp3) is 0.500. The molecule has 1 aromatic rings. The molecule has 0 aliphatic heterocycles. The molecule has 0 aliphatic rings. The first-order chi connectivity index (χ1) is 4.83. The number of hydrogen-bond donors (Lipinski definition) is 1. The lowest BCUT2D eigenvalue weighted by Crippen LogP contribution is -1.80. The molecule has 6 heteroatoms. The first kappa shape index (κ1) is 8.54. The molecular formula is C4H6IN3S2. The molecule has 0 fully saturated rings. The molecule has 1 aromatic heterocycles. The zero-order chi connectivity index (χ0) is 7.40. The number of hydrogen-bond acceptors (Lipinski definition) is 5. The van der Waals surface area contributed by atoms with E-state index in [9.17, 15) is 0 Å². The first-order valence-electron chi connectivity index (χ1n) is 2.54. The van der Waals surface area contributed by atoms with E-state index in [0.717, 1.165) is 14.5 Å². The van der Waals surface area contributed by atoms with Gasteiger partial charge in [-0.2, -0.15) is 0 Å². The van der Waals surface area contributed by atoms with Gasteiger partial charge in [0, 0.05) is 9.51 Å². The fourth-order valence-electron chi connectivity index (χ4n) is 0.451. The van der Waals surface area contributed by atoms with Gasteiger partial charge in [0.1, 0.15) is 5.01 Å². The van der Waals surface area contributed by atoms with E-state index in [-0.39, 0.29) is 0 Å². The second kappa shape index (κ2) is 4.35. The molecule has 0 atom stereocenters. The van der Waals surface area contributed by atoms with Crippen LogP contribution in [0.5, 0.6) is 0 Å². The zero-order valence-corrected chi connectivity index (χ0v) is 8.87. The molecule has 0 spiro atoms. The van der Waals surface area contributed by atoms with E-state index in [4.69, 9.17) is 5.73 Å². The van der Waals surface area contributed by atoms with Gasteiger partial charge in [-0.3, -0.25) is 0 Å². The van der Waals surface area contributed by atoms with Crippen LogP contribution in [0.3, 0.4) is 0 Å². The molecule has 0 radical (unpaired) electrons. The van der Waals surface area contributed by atoms with Gasteiger partial charge < -0.3 is 5.73 Å². The normalized spacial score (nSPS) is 10.1. The van der Waals surface area contributed by atoms with Gasteiger partial charge in [0.05, 0.1) is 0 Å². The van der Waals surface area contributed by atoms with Crippen molar-refractivity contribution in [2.24, 2.45) is 0 Å². The lowest BCUT2D eigenvalue weighted by Gasteiger charge is -1.87. The van der Waals surface area contributed by atoms with Crippen LogP contribution in [-0.2, 0) is 5.75 Å². The molecule has 0 aliphatic carbocycles. The summed E-state index contributed by atoms with van der Waals surface area (Å²) in [5, 5.41) is 9.15. The van der Waals surface area contributed by atoms with Crippen molar-refractivity contribution < 1.29 is 0 Å². The maximum Gasteiger partial charge on any atom is 0.203 e. The molecule has 10 heavy (non-hydrogen) atoms. The average molecular weight is 287 g/mol. The highest BCUT2D eigenvalue weighted by molar-refractivity contribution is 14.1. The fourth-order valence-corrected chi connectivity index (χ4v) is 2.31. The van der Waals surface area contributed by atoms with E-state index in [0.29, 0.717) is 5.13 Å². The SMILES string of the molecule is Nc1nnc(CSCI)s1. The summed E-state index contributed by atoms with van der Waals surface area (Å²) in [5.41, 5.74) is 5.38. The predicted octanol–water partition coefficient (Wildman–Crippen LogP) is 1.75. The van der Waals surface area contributed by atoms with E-state index in [1.807, 2.05) is 11.8 Å². The van der Waals surface area contributed by atoms with Crippen LogP contribution < -0.4 is 5.73 Å². The minimum atomic E-state index is 0.559. The Bertz CT molecular complexity index is 202. The van der Waals surface area contributed by atoms with Gasteiger partial charge in [0.25, 0.3) is 0 Å². The molecule has 0 saturated heterocycles. The van der Waals surface area contributed by atoms with Crippen molar-refractivity contribution in [1.82, 2.24) is 10.2 Å². The van der Waals surface area contributed by atoms with Gasteiger partial charge in [-0.05, 0) is 0 Å². The molecule has 0 aromatic carbocycles. The summed E-state index contributed by atoms with van der Waals surface area (Å²) in [5.74, 6) is 0.928. The van der Waals surface area contributed by atoms with Gasteiger partial charge >= 0.3 is 0 Å². The summed E-state index contributed by atoms with van der Waals surface area (Å²) in [6.45, 7) is 0. The number of thioether (sulfide) groups is 1. The third-order valence-electron chi connectivity index (χ3n) is 0.785. The monoisotopic (exact) mass is 287 g/mol. The van der Waals surface area contributed by atoms with Gasteiger partial charge in [-0.1, -0.05) is 33.9 Å². The van der Waals surface area contributed by atoms with Crippen molar-refractivity contribution in [3.8, 4) is 0 Å². The standard InChI is InChI=1S/C4H6IN3S2/c5-2-9-1-3-7-8-4(6)10-3/h1-2H2,(H2,6,8). The van der Waals surface area contributed by atoms with Crippen LogP contribution in [0.1, 0.15) is 5.01 Å². The topological polar surface area (TPSA) is 51.8 Å². The van der Waals surface area contributed by atoms with Crippen molar-refractivity contribution in [3.63, 3.8) is 0 Å². The minimum Gasteiger partial charge on any atom is -0.374 e. The molecule has 1 rings (SSSR count). The van der Waals surface area contributed by atoms with Crippen molar-refractivity contribution in [2.75, 3.05) is 9.49 Å². The van der Waals surface area contributed by atoms with Crippen LogP contribution in [0.2, 0.25) is 0 Å². The van der Waals surface area contributed by atoms with Gasteiger partial charge in [0.2, 0.25) is 5.13 Å². The highest BCUT2D eigenvalue weighted by atomic mass is 127. The Kier molecular flexibility index (Phi) is 3.71. The Morgan fingerprint density at radius 1 is 1.60 bits per heavy atom. The Balaban J connectivity index is 2.42. The molecule has 0 unspecified atom stereocenters. The molecule has 0 amide bonds. The Labute approximate surface area is 80.9 Å². The molecule has 3 nitrogen and oxygen atoms in total. The summed E-state index contributed by atoms with van der Waals surface area (Å²) < 4.78 is 1.08. The van der Waals surface area contributed by atoms with Crippen LogP contribution in [-0.4, -0.2) is 14.0 Å². The second-order valence-corrected chi connectivity index (χ2v) is 5.37. The van der Waals surface area contributed by atoms with E-state index >= 15 is 0 Å². The lowest BCUT2D eigenvalue weighted by molar-refractivity contribution is 1.05. The predicted molar refractivity (Wildman–Crippen MR) is 54.5 cm³/mol. The smallest absolute Gasteiger partial charge is 0.203 e. The highest BCUT2D eigenvalue weighted by Crippen LogP contribution is 2.18. The molecular weight excluding hydrogens is 281 g/mol. The van der Waals surface area contributed by atoms with Crippen molar-refractivity contribution in [2.45, 2.75) is 5.75 Å². The quantitative estimate of drug-likeness (QED) is 0.679. The van der Waals surface area contributed by atoms with Crippen LogP contribution in [0, 0.1) is 0 Å². The summed E-state index contributed by atoms with van der Waals surface area (Å²) >= 11 is 5.58. The van der Waals surface area contributed by atoms with E-state index in [1.54, 1.807) is 0 Å². The van der Waals surface area contributed by atoms with Gasteiger partial charge in [0.15, 0.2) is 0 Å². The highest BCUT2D eigenvalue weighted by Gasteiger charge is 1.98. The molecule has 0 bridgehead atoms. The third-order valence-corrected chi connectivity index (χ3v) is 3.67. The van der Waals surface area contributed by atoms with Crippen LogP contribution in [0.4, 0.5) is 5.13 Å². The molecule has 0 saturated carbocycles. The number of alkyl halides is 1. The maximum absolute atomic E-state index is 5.38. The number of nitrogen functional groups attached to an aromatic ring is 1. The maximum atomic E-state index is 5.38. The number of nitrogens with two attached hydrogens (primary N) is 1. The number of nitrogens with zero attached hydrogens (tertiary/aromatic N) is 2. The van der Waals surface area contributed by atoms with Crippen LogP contribution in [0.25, 0.3) is 0 Å². The first-order valence-corrected chi connectivity index (χ1v) is 6.04. The number of rotatable bonds is 3. The summed E-state index contributed by atoms with van der Waals surface area (Å²) in [6, 6.07) is 0. The van der Waals surface area contributed by atoms with Crippen molar-refractivity contribution >= 4 is 50.8 Å². The molecule has 56 valence electrons.